The van der Waals surface area contributed by atoms with Crippen LogP contribution in [0, 0.1) is 13.8 Å². The number of para-hydroxylation sites is 1. The van der Waals surface area contributed by atoms with Crippen molar-refractivity contribution in [3.05, 3.63) is 63.2 Å². The van der Waals surface area contributed by atoms with Crippen molar-refractivity contribution < 1.29 is 17.9 Å². The minimum Gasteiger partial charge on any atom is -0.496 e. The molecule has 0 aliphatic heterocycles. The van der Waals surface area contributed by atoms with E-state index in [1.165, 1.54) is 11.4 Å². The number of H-pyrrole nitrogens is 1. The van der Waals surface area contributed by atoms with Crippen molar-refractivity contribution in [1.82, 2.24) is 19.2 Å². The molecule has 3 rings (SSSR count). The number of carbonyl (C=O) groups excluding carboxylic acids is 1. The molecule has 0 aliphatic rings. The number of ether oxygens (including phenoxy) is 1. The lowest BCUT2D eigenvalue weighted by Gasteiger charge is -2.22. The van der Waals surface area contributed by atoms with Crippen LogP contribution in [0.3, 0.4) is 0 Å². The number of carbonyl (C=O) groups is 1. The Labute approximate surface area is 218 Å². The number of pyridine rings is 1. The SMILES string of the molecule is CCN(CCC[C@@H](C)n1c(C)c(C(=O)NCc2c(OC)cc(C)[nH]c2=O)c2ccccc21)S(=O)(=O)CC. The lowest BCUT2D eigenvalue weighted by atomic mass is 10.1. The zero-order valence-electron chi connectivity index (χ0n) is 22.6. The molecule has 0 fully saturated rings. The van der Waals surface area contributed by atoms with E-state index in [1.807, 2.05) is 38.1 Å². The third kappa shape index (κ3) is 6.07. The highest BCUT2D eigenvalue weighted by molar-refractivity contribution is 7.89. The number of hydrogen-bond donors (Lipinski definition) is 2. The first-order valence-electron chi connectivity index (χ1n) is 12.7. The quantitative estimate of drug-likeness (QED) is 0.369. The molecule has 1 amide bonds. The van der Waals surface area contributed by atoms with Gasteiger partial charge in [-0.25, -0.2) is 12.7 Å². The molecule has 37 heavy (non-hydrogen) atoms. The van der Waals surface area contributed by atoms with Gasteiger partial charge in [0.25, 0.3) is 11.5 Å². The first kappa shape index (κ1) is 28.5. The first-order valence-corrected chi connectivity index (χ1v) is 14.3. The van der Waals surface area contributed by atoms with Crippen LogP contribution in [-0.2, 0) is 16.6 Å². The van der Waals surface area contributed by atoms with Gasteiger partial charge >= 0.3 is 0 Å². The van der Waals surface area contributed by atoms with Gasteiger partial charge in [-0.05, 0) is 52.7 Å². The van der Waals surface area contributed by atoms with E-state index in [-0.39, 0.29) is 29.8 Å². The lowest BCUT2D eigenvalue weighted by Crippen LogP contribution is -2.33. The fourth-order valence-electron chi connectivity index (χ4n) is 4.91. The number of aromatic amines is 1. The molecule has 9 nitrogen and oxygen atoms in total. The van der Waals surface area contributed by atoms with E-state index in [0.29, 0.717) is 42.1 Å². The summed E-state index contributed by atoms with van der Waals surface area (Å²) in [5, 5.41) is 3.73. The average molecular weight is 531 g/mol. The zero-order chi connectivity index (χ0) is 27.3. The van der Waals surface area contributed by atoms with Gasteiger partial charge in [0.2, 0.25) is 10.0 Å². The molecule has 3 aromatic rings. The summed E-state index contributed by atoms with van der Waals surface area (Å²) in [5.41, 5.74) is 3.07. The Kier molecular flexibility index (Phi) is 9.20. The number of aromatic nitrogens is 2. The number of fused-ring (bicyclic) bond motifs is 1. The summed E-state index contributed by atoms with van der Waals surface area (Å²) in [4.78, 5) is 28.6. The molecule has 2 aromatic heterocycles. The third-order valence-electron chi connectivity index (χ3n) is 6.84. The van der Waals surface area contributed by atoms with E-state index in [9.17, 15) is 18.0 Å². The minimum absolute atomic E-state index is 0.0326. The number of methoxy groups -OCH3 is 1. The van der Waals surface area contributed by atoms with Crippen molar-refractivity contribution in [2.75, 3.05) is 26.0 Å². The molecule has 0 bridgehead atoms. The Morgan fingerprint density at radius 2 is 1.92 bits per heavy atom. The van der Waals surface area contributed by atoms with Crippen LogP contribution in [0.5, 0.6) is 5.75 Å². The van der Waals surface area contributed by atoms with Crippen molar-refractivity contribution in [3.63, 3.8) is 0 Å². The number of aryl methyl sites for hydroxylation is 1. The largest absolute Gasteiger partial charge is 0.496 e. The van der Waals surface area contributed by atoms with Crippen LogP contribution in [0.2, 0.25) is 0 Å². The van der Waals surface area contributed by atoms with Gasteiger partial charge in [0.15, 0.2) is 0 Å². The summed E-state index contributed by atoms with van der Waals surface area (Å²) < 4.78 is 33.6. The Bertz CT molecular complexity index is 1420. The van der Waals surface area contributed by atoms with Gasteiger partial charge in [0.05, 0.1) is 30.5 Å². The van der Waals surface area contributed by atoms with Crippen LogP contribution in [-0.4, -0.2) is 54.1 Å². The van der Waals surface area contributed by atoms with Gasteiger partial charge in [-0.1, -0.05) is 25.1 Å². The number of sulfonamides is 1. The minimum atomic E-state index is -3.22. The highest BCUT2D eigenvalue weighted by atomic mass is 32.2. The van der Waals surface area contributed by atoms with E-state index in [1.54, 1.807) is 19.9 Å². The highest BCUT2D eigenvalue weighted by Crippen LogP contribution is 2.31. The molecule has 10 heteroatoms. The summed E-state index contributed by atoms with van der Waals surface area (Å²) in [6.07, 6.45) is 1.46. The Morgan fingerprint density at radius 3 is 2.57 bits per heavy atom. The molecule has 0 radical (unpaired) electrons. The maximum absolute atomic E-state index is 13.4. The van der Waals surface area contributed by atoms with Gasteiger partial charge in [-0.2, -0.15) is 0 Å². The molecule has 0 saturated carbocycles. The Balaban J connectivity index is 1.84. The molecular weight excluding hydrogens is 492 g/mol. The topological polar surface area (TPSA) is 114 Å². The maximum Gasteiger partial charge on any atom is 0.256 e. The summed E-state index contributed by atoms with van der Waals surface area (Å²) in [5.74, 6) is 0.254. The first-order chi connectivity index (χ1) is 17.5. The van der Waals surface area contributed by atoms with Gasteiger partial charge in [-0.3, -0.25) is 9.59 Å². The molecule has 0 saturated heterocycles. The van der Waals surface area contributed by atoms with Crippen LogP contribution < -0.4 is 15.6 Å². The second-order valence-corrected chi connectivity index (χ2v) is 11.5. The standard InChI is InChI=1S/C27H38N4O5S/c1-7-30(37(34,35)8-2)15-11-12-19(4)31-20(5)25(21-13-9-10-14-23(21)31)27(33)28-17-22-24(36-6)16-18(3)29-26(22)32/h9-10,13-14,16,19H,7-8,11-12,15,17H2,1-6H3,(H,28,33)(H,29,32)/t19-/m1/s1. The monoisotopic (exact) mass is 530 g/mol. The van der Waals surface area contributed by atoms with Crippen molar-refractivity contribution >= 4 is 26.8 Å². The molecule has 0 unspecified atom stereocenters. The number of nitrogens with one attached hydrogen (secondary N) is 2. The average Bonchev–Trinajstić information content (AvgIpc) is 3.16. The molecule has 202 valence electrons. The number of rotatable bonds is 12. The van der Waals surface area contributed by atoms with Crippen LogP contribution in [0.4, 0.5) is 0 Å². The van der Waals surface area contributed by atoms with E-state index >= 15 is 0 Å². The molecule has 2 heterocycles. The molecule has 0 spiro atoms. The van der Waals surface area contributed by atoms with Crippen molar-refractivity contribution in [2.24, 2.45) is 0 Å². The normalized spacial score (nSPS) is 12.7. The predicted molar refractivity (Wildman–Crippen MR) is 147 cm³/mol. The predicted octanol–water partition coefficient (Wildman–Crippen LogP) is 3.90. The molecule has 0 aliphatic carbocycles. The Morgan fingerprint density at radius 1 is 1.22 bits per heavy atom. The lowest BCUT2D eigenvalue weighted by molar-refractivity contribution is 0.0951. The van der Waals surface area contributed by atoms with Crippen LogP contribution in [0.25, 0.3) is 10.9 Å². The molecule has 2 N–H and O–H groups in total. The summed E-state index contributed by atoms with van der Waals surface area (Å²) in [7, 11) is -1.73. The van der Waals surface area contributed by atoms with Gasteiger partial charge in [0, 0.05) is 41.4 Å². The number of hydrogen-bond acceptors (Lipinski definition) is 5. The van der Waals surface area contributed by atoms with Crippen molar-refractivity contribution in [3.8, 4) is 5.75 Å². The number of amides is 1. The summed E-state index contributed by atoms with van der Waals surface area (Å²) in [6, 6.07) is 9.53. The van der Waals surface area contributed by atoms with E-state index in [0.717, 1.165) is 23.0 Å². The second-order valence-electron chi connectivity index (χ2n) is 9.24. The smallest absolute Gasteiger partial charge is 0.256 e. The molecule has 1 aromatic carbocycles. The van der Waals surface area contributed by atoms with Crippen LogP contribution in [0.1, 0.15) is 67.0 Å². The fraction of sp³-hybridized carbons (Fsp3) is 0.481. The number of nitrogens with zero attached hydrogens (tertiary/aromatic N) is 2. The van der Waals surface area contributed by atoms with Gasteiger partial charge in [-0.15, -0.1) is 0 Å². The van der Waals surface area contributed by atoms with Crippen molar-refractivity contribution in [2.45, 2.75) is 60.0 Å². The molecular formula is C27H38N4O5S. The summed E-state index contributed by atoms with van der Waals surface area (Å²) >= 11 is 0. The maximum atomic E-state index is 13.4. The second kappa shape index (κ2) is 12.0. The van der Waals surface area contributed by atoms with E-state index < -0.39 is 10.0 Å². The van der Waals surface area contributed by atoms with Crippen molar-refractivity contribution in [1.29, 1.82) is 0 Å². The van der Waals surface area contributed by atoms with E-state index in [4.69, 9.17) is 4.74 Å². The summed E-state index contributed by atoms with van der Waals surface area (Å²) in [6.45, 7) is 10.2. The third-order valence-corrected chi connectivity index (χ3v) is 8.80. The van der Waals surface area contributed by atoms with Gasteiger partial charge in [0.1, 0.15) is 5.75 Å². The van der Waals surface area contributed by atoms with Gasteiger partial charge < -0.3 is 19.6 Å². The van der Waals surface area contributed by atoms with Crippen LogP contribution in [0.15, 0.2) is 35.1 Å². The molecule has 1 atom stereocenters. The fourth-order valence-corrected chi connectivity index (χ4v) is 6.07. The number of benzene rings is 1. The highest BCUT2D eigenvalue weighted by Gasteiger charge is 2.24. The zero-order valence-corrected chi connectivity index (χ0v) is 23.4. The van der Waals surface area contributed by atoms with E-state index in [2.05, 4.69) is 21.8 Å². The Hall–Kier alpha value is -3.11. The van der Waals surface area contributed by atoms with Crippen LogP contribution >= 0.6 is 0 Å².